The van der Waals surface area contributed by atoms with Crippen LogP contribution in [0.5, 0.6) is 0 Å². The molecule has 0 bridgehead atoms. The lowest BCUT2D eigenvalue weighted by molar-refractivity contribution is -0.205. The third kappa shape index (κ3) is 3.87. The van der Waals surface area contributed by atoms with E-state index in [9.17, 15) is 24.0 Å². The average molecular weight is 395 g/mol. The first-order valence-electron chi connectivity index (χ1n) is 6.70. The zero-order valence-electron chi connectivity index (χ0n) is 12.8. The van der Waals surface area contributed by atoms with Crippen LogP contribution in [0.1, 0.15) is 8.97 Å². The highest BCUT2D eigenvalue weighted by Crippen LogP contribution is 2.43. The molecule has 4 atom stereocenters. The molecule has 1 fully saturated rings. The fraction of sp³-hybridized carbons (Fsp3) is 0.556. The molecule has 5 N–H and O–H groups in total. The number of phosphoric ester groups is 1. The normalized spacial score (nSPS) is 33.4. The Bertz CT molecular complexity index is 848. The Morgan fingerprint density at radius 3 is 2.83 bits per heavy atom. The summed E-state index contributed by atoms with van der Waals surface area (Å²) in [6.07, 6.45) is -6.06. The zero-order valence-corrected chi connectivity index (χ0v) is 13.3. The SMILES string of the molecule is [2H]C([2H])(OP(=O)(O)O)[C@@]1(F)O[C@@H](n2cc(Cl)c(=S)[nH]c2=O)[C@H](O)[C@@H]1O. The van der Waals surface area contributed by atoms with Gasteiger partial charge in [-0.2, -0.15) is 0 Å². The number of nitrogens with one attached hydrogen (secondary N) is 1. The summed E-state index contributed by atoms with van der Waals surface area (Å²) in [7, 11) is -5.54. The highest BCUT2D eigenvalue weighted by molar-refractivity contribution is 7.71. The monoisotopic (exact) mass is 394 g/mol. The van der Waals surface area contributed by atoms with Crippen LogP contribution >= 0.6 is 31.6 Å². The molecule has 1 saturated heterocycles. The number of ether oxygens (including phenoxy) is 1. The first-order valence-corrected chi connectivity index (χ1v) is 8.01. The third-order valence-electron chi connectivity index (χ3n) is 2.79. The lowest BCUT2D eigenvalue weighted by Crippen LogP contribution is -2.42. The van der Waals surface area contributed by atoms with Crippen molar-refractivity contribution in [3.8, 4) is 0 Å². The van der Waals surface area contributed by atoms with E-state index in [0.717, 1.165) is 6.20 Å². The molecular formula is C9H11ClFN2O8PS. The van der Waals surface area contributed by atoms with Gasteiger partial charge >= 0.3 is 13.5 Å². The van der Waals surface area contributed by atoms with Crippen molar-refractivity contribution in [1.82, 2.24) is 9.55 Å². The Morgan fingerprint density at radius 2 is 2.26 bits per heavy atom. The Balaban J connectivity index is 2.48. The summed E-state index contributed by atoms with van der Waals surface area (Å²) in [4.78, 5) is 31.3. The molecule has 0 unspecified atom stereocenters. The molecule has 0 spiro atoms. The molecule has 0 amide bonds. The molecule has 0 saturated carbocycles. The molecular weight excluding hydrogens is 382 g/mol. The van der Waals surface area contributed by atoms with Crippen molar-refractivity contribution in [3.05, 3.63) is 26.3 Å². The van der Waals surface area contributed by atoms with E-state index >= 15 is 0 Å². The van der Waals surface area contributed by atoms with Crippen LogP contribution < -0.4 is 5.69 Å². The average Bonchev–Trinajstić information content (AvgIpc) is 2.66. The fourth-order valence-corrected chi connectivity index (χ4v) is 2.30. The molecule has 23 heavy (non-hydrogen) atoms. The van der Waals surface area contributed by atoms with E-state index in [-0.39, 0.29) is 9.66 Å². The van der Waals surface area contributed by atoms with Crippen LogP contribution in [0.15, 0.2) is 11.0 Å². The highest BCUT2D eigenvalue weighted by atomic mass is 35.5. The van der Waals surface area contributed by atoms with E-state index in [4.69, 9.17) is 36.3 Å². The van der Waals surface area contributed by atoms with Crippen molar-refractivity contribution in [2.75, 3.05) is 6.56 Å². The number of rotatable bonds is 4. The first kappa shape index (κ1) is 15.8. The van der Waals surface area contributed by atoms with E-state index < -0.39 is 44.4 Å². The highest BCUT2D eigenvalue weighted by Gasteiger charge is 2.57. The Morgan fingerprint density at radius 1 is 1.65 bits per heavy atom. The fourth-order valence-electron chi connectivity index (χ4n) is 1.77. The summed E-state index contributed by atoms with van der Waals surface area (Å²) in [6, 6.07) is 0. The van der Waals surface area contributed by atoms with Crippen LogP contribution in [-0.2, 0) is 13.8 Å². The van der Waals surface area contributed by atoms with Gasteiger partial charge in [0.2, 0.25) is 0 Å². The third-order valence-corrected chi connectivity index (χ3v) is 3.84. The zero-order chi connectivity index (χ0) is 19.4. The minimum atomic E-state index is -5.54. The van der Waals surface area contributed by atoms with Crippen molar-refractivity contribution in [2.45, 2.75) is 24.3 Å². The van der Waals surface area contributed by atoms with E-state index in [1.807, 2.05) is 0 Å². The molecule has 0 aliphatic carbocycles. The molecule has 1 aliphatic heterocycles. The Hall–Kier alpha value is -0.690. The molecule has 10 nitrogen and oxygen atoms in total. The van der Waals surface area contributed by atoms with Gasteiger partial charge in [0, 0.05) is 6.20 Å². The molecule has 14 heteroatoms. The summed E-state index contributed by atoms with van der Waals surface area (Å²) in [5.41, 5.74) is -1.04. The van der Waals surface area contributed by atoms with Crippen molar-refractivity contribution in [1.29, 1.82) is 0 Å². The van der Waals surface area contributed by atoms with Gasteiger partial charge < -0.3 is 24.7 Å². The summed E-state index contributed by atoms with van der Waals surface area (Å²) < 4.78 is 48.9. The standard InChI is InChI=1S/C9H11ClFN2O8PS/c10-3-1-13(8(16)12-6(3)23)7-4(14)5(15)9(11,21-7)2-20-22(17,18)19/h1,4-5,7,14-15H,2H2,(H,12,16,23)(H2,17,18,19)/t4-,5+,7-,9-/m1/s1/i2D2. The lowest BCUT2D eigenvalue weighted by atomic mass is 10.1. The summed E-state index contributed by atoms with van der Waals surface area (Å²) in [5.74, 6) is -3.93. The predicted octanol–water partition coefficient (Wildman–Crippen LogP) is -0.415. The lowest BCUT2D eigenvalue weighted by Gasteiger charge is -2.22. The maximum atomic E-state index is 14.9. The molecule has 2 rings (SSSR count). The van der Waals surface area contributed by atoms with Crippen LogP contribution in [0.4, 0.5) is 4.39 Å². The first-order chi connectivity index (χ1) is 11.2. The number of alkyl halides is 1. The second-order valence-electron chi connectivity index (χ2n) is 4.42. The molecule has 1 aromatic heterocycles. The topological polar surface area (TPSA) is 154 Å². The number of aliphatic hydroxyl groups is 2. The van der Waals surface area contributed by atoms with Crippen molar-refractivity contribution in [3.63, 3.8) is 0 Å². The van der Waals surface area contributed by atoms with Gasteiger partial charge in [0.15, 0.2) is 6.23 Å². The smallest absolute Gasteiger partial charge is 0.385 e. The van der Waals surface area contributed by atoms with E-state index in [1.54, 1.807) is 0 Å². The number of aliphatic hydroxyl groups excluding tert-OH is 2. The van der Waals surface area contributed by atoms with Gasteiger partial charge in [-0.25, -0.2) is 13.8 Å². The van der Waals surface area contributed by atoms with E-state index in [2.05, 4.69) is 14.2 Å². The maximum absolute atomic E-state index is 14.9. The van der Waals surface area contributed by atoms with Crippen molar-refractivity contribution in [2.24, 2.45) is 0 Å². The molecule has 1 aromatic rings. The largest absolute Gasteiger partial charge is 0.469 e. The minimum Gasteiger partial charge on any atom is -0.385 e. The van der Waals surface area contributed by atoms with Gasteiger partial charge in [-0.05, 0) is 0 Å². The van der Waals surface area contributed by atoms with Gasteiger partial charge in [0.05, 0.1) is 7.76 Å². The Labute approximate surface area is 140 Å². The number of hydrogen-bond donors (Lipinski definition) is 5. The molecule has 1 aliphatic rings. The van der Waals surface area contributed by atoms with Crippen LogP contribution in [0.3, 0.4) is 0 Å². The number of H-pyrrole nitrogens is 1. The van der Waals surface area contributed by atoms with Crippen molar-refractivity contribution < 1.29 is 41.0 Å². The summed E-state index contributed by atoms with van der Waals surface area (Å²) in [5, 5.41) is 19.5. The van der Waals surface area contributed by atoms with Crippen LogP contribution in [0.2, 0.25) is 5.02 Å². The second kappa shape index (κ2) is 6.31. The number of phosphoric acid groups is 1. The van der Waals surface area contributed by atoms with Gasteiger partial charge in [-0.15, -0.1) is 0 Å². The summed E-state index contributed by atoms with van der Waals surface area (Å²) in [6.45, 7) is -3.89. The quantitative estimate of drug-likeness (QED) is 0.338. The minimum absolute atomic E-state index is 0.178. The molecule has 2 heterocycles. The van der Waals surface area contributed by atoms with Gasteiger partial charge in [-0.1, -0.05) is 23.8 Å². The molecule has 130 valence electrons. The maximum Gasteiger partial charge on any atom is 0.469 e. The van der Waals surface area contributed by atoms with Crippen molar-refractivity contribution >= 4 is 31.6 Å². The number of hydrogen-bond acceptors (Lipinski definition) is 7. The van der Waals surface area contributed by atoms with Gasteiger partial charge in [-0.3, -0.25) is 14.1 Å². The Kier molecular flexibility index (Phi) is 4.34. The number of nitrogens with zero attached hydrogens (tertiary/aromatic N) is 1. The van der Waals surface area contributed by atoms with E-state index in [0.29, 0.717) is 4.57 Å². The predicted molar refractivity (Wildman–Crippen MR) is 74.9 cm³/mol. The molecule has 0 aromatic carbocycles. The van der Waals surface area contributed by atoms with Crippen LogP contribution in [0.25, 0.3) is 0 Å². The van der Waals surface area contributed by atoms with E-state index in [1.165, 1.54) is 0 Å². The van der Waals surface area contributed by atoms with Gasteiger partial charge in [0.25, 0.3) is 5.85 Å². The summed E-state index contributed by atoms with van der Waals surface area (Å²) >= 11 is 10.4. The van der Waals surface area contributed by atoms with Gasteiger partial charge in [0.1, 0.15) is 23.4 Å². The second-order valence-corrected chi connectivity index (χ2v) is 6.40. The number of aromatic amines is 1. The molecule has 0 radical (unpaired) electrons. The number of aromatic nitrogens is 2. The van der Waals surface area contributed by atoms with Crippen LogP contribution in [-0.4, -0.2) is 54.2 Å². The number of halogens is 2. The van der Waals surface area contributed by atoms with Crippen LogP contribution in [0, 0.1) is 4.64 Å².